The van der Waals surface area contributed by atoms with Crippen LogP contribution in [-0.4, -0.2) is 12.5 Å². The molecule has 0 saturated heterocycles. The van der Waals surface area contributed by atoms with E-state index in [1.807, 2.05) is 12.3 Å². The summed E-state index contributed by atoms with van der Waals surface area (Å²) >= 11 is 5.51. The van der Waals surface area contributed by atoms with Crippen molar-refractivity contribution in [2.75, 3.05) is 6.54 Å². The largest absolute Gasteiger partial charge is 0.348 e. The van der Waals surface area contributed by atoms with E-state index >= 15 is 0 Å². The predicted molar refractivity (Wildman–Crippen MR) is 58.7 cm³/mol. The highest BCUT2D eigenvalue weighted by molar-refractivity contribution is 7.80. The maximum absolute atomic E-state index is 11.4. The van der Waals surface area contributed by atoms with Crippen LogP contribution in [0.15, 0.2) is 28.5 Å². The summed E-state index contributed by atoms with van der Waals surface area (Å²) in [5.74, 6) is -0.0618. The van der Waals surface area contributed by atoms with Crippen molar-refractivity contribution < 1.29 is 4.79 Å². The van der Waals surface area contributed by atoms with Crippen LogP contribution >= 0.6 is 24.0 Å². The normalized spacial score (nSPS) is 9.69. The Labute approximate surface area is 87.1 Å². The summed E-state index contributed by atoms with van der Waals surface area (Å²) in [5, 5.41) is 4.58. The maximum atomic E-state index is 11.4. The van der Waals surface area contributed by atoms with Crippen molar-refractivity contribution >= 4 is 29.9 Å². The summed E-state index contributed by atoms with van der Waals surface area (Å²) in [7, 11) is 0. The minimum absolute atomic E-state index is 0.0618. The van der Waals surface area contributed by atoms with Crippen LogP contribution in [0.25, 0.3) is 0 Å². The Morgan fingerprint density at radius 2 is 2.46 bits per heavy atom. The second-order valence-corrected chi connectivity index (χ2v) is 4.24. The van der Waals surface area contributed by atoms with Crippen molar-refractivity contribution in [3.63, 3.8) is 0 Å². The number of thiol groups is 1. The van der Waals surface area contributed by atoms with Gasteiger partial charge in [-0.15, -0.1) is 24.0 Å². The smallest absolute Gasteiger partial charge is 0.261 e. The molecule has 0 aromatic carbocycles. The Morgan fingerprint density at radius 1 is 1.77 bits per heavy atom. The van der Waals surface area contributed by atoms with Crippen LogP contribution < -0.4 is 5.32 Å². The lowest BCUT2D eigenvalue weighted by Crippen LogP contribution is -2.23. The molecule has 0 aliphatic carbocycles. The molecule has 1 heterocycles. The Morgan fingerprint density at radius 3 is 2.92 bits per heavy atom. The predicted octanol–water partition coefficient (Wildman–Crippen LogP) is 2.34. The van der Waals surface area contributed by atoms with E-state index in [4.69, 9.17) is 0 Å². The van der Waals surface area contributed by atoms with E-state index in [0.29, 0.717) is 11.4 Å². The zero-order valence-electron chi connectivity index (χ0n) is 7.33. The molecule has 0 aliphatic rings. The maximum Gasteiger partial charge on any atom is 0.261 e. The topological polar surface area (TPSA) is 29.1 Å². The van der Waals surface area contributed by atoms with Crippen LogP contribution in [0.4, 0.5) is 0 Å². The summed E-state index contributed by atoms with van der Waals surface area (Å²) in [6.07, 6.45) is 0. The van der Waals surface area contributed by atoms with Crippen molar-refractivity contribution in [1.29, 1.82) is 0 Å². The average Bonchev–Trinajstić information content (AvgIpc) is 2.47. The highest BCUT2D eigenvalue weighted by Gasteiger charge is 2.06. The first-order valence-electron chi connectivity index (χ1n) is 3.79. The molecule has 2 nitrogen and oxygen atoms in total. The molecule has 1 N–H and O–H groups in total. The number of thiophene rings is 1. The molecule has 0 radical (unpaired) electrons. The van der Waals surface area contributed by atoms with Crippen LogP contribution in [-0.2, 0) is 0 Å². The van der Waals surface area contributed by atoms with Crippen molar-refractivity contribution in [2.45, 2.75) is 11.8 Å². The van der Waals surface area contributed by atoms with Gasteiger partial charge in [0.1, 0.15) is 0 Å². The van der Waals surface area contributed by atoms with Crippen LogP contribution in [0.2, 0.25) is 0 Å². The molecule has 1 aromatic rings. The number of hydrogen-bond donors (Lipinski definition) is 2. The molecule has 0 unspecified atom stereocenters. The zero-order valence-corrected chi connectivity index (χ0v) is 9.04. The SMILES string of the molecule is C=C(C)CNC(=O)c1cc(S)cs1. The van der Waals surface area contributed by atoms with E-state index in [1.165, 1.54) is 11.3 Å². The van der Waals surface area contributed by atoms with Gasteiger partial charge in [-0.25, -0.2) is 0 Å². The zero-order chi connectivity index (χ0) is 9.84. The fourth-order valence-corrected chi connectivity index (χ4v) is 1.83. The fraction of sp³-hybridized carbons (Fsp3) is 0.222. The third kappa shape index (κ3) is 3.24. The van der Waals surface area contributed by atoms with Crippen molar-refractivity contribution in [2.24, 2.45) is 0 Å². The Hall–Kier alpha value is -0.740. The fourth-order valence-electron chi connectivity index (χ4n) is 0.764. The summed E-state index contributed by atoms with van der Waals surface area (Å²) in [6.45, 7) is 6.10. The van der Waals surface area contributed by atoms with E-state index in [2.05, 4.69) is 24.5 Å². The first-order chi connectivity index (χ1) is 6.09. The number of amides is 1. The van der Waals surface area contributed by atoms with Gasteiger partial charge < -0.3 is 5.32 Å². The van der Waals surface area contributed by atoms with Crippen LogP contribution in [0.5, 0.6) is 0 Å². The van der Waals surface area contributed by atoms with Gasteiger partial charge in [0, 0.05) is 16.8 Å². The molecule has 1 aromatic heterocycles. The van der Waals surface area contributed by atoms with Gasteiger partial charge in [-0.3, -0.25) is 4.79 Å². The van der Waals surface area contributed by atoms with Gasteiger partial charge in [0.25, 0.3) is 5.91 Å². The lowest BCUT2D eigenvalue weighted by molar-refractivity contribution is 0.0961. The van der Waals surface area contributed by atoms with E-state index in [1.54, 1.807) is 6.07 Å². The number of rotatable bonds is 3. The van der Waals surface area contributed by atoms with Gasteiger partial charge in [-0.05, 0) is 13.0 Å². The molecular weight excluding hydrogens is 202 g/mol. The highest BCUT2D eigenvalue weighted by atomic mass is 32.1. The number of hydrogen-bond acceptors (Lipinski definition) is 3. The summed E-state index contributed by atoms with van der Waals surface area (Å²) in [5.41, 5.74) is 0.941. The molecule has 0 saturated carbocycles. The van der Waals surface area contributed by atoms with E-state index in [0.717, 1.165) is 10.5 Å². The molecule has 0 aliphatic heterocycles. The molecule has 0 bridgehead atoms. The van der Waals surface area contributed by atoms with Gasteiger partial charge >= 0.3 is 0 Å². The van der Waals surface area contributed by atoms with Crippen molar-refractivity contribution in [3.05, 3.63) is 28.5 Å². The summed E-state index contributed by atoms with van der Waals surface area (Å²) < 4.78 is 0. The van der Waals surface area contributed by atoms with Crippen LogP contribution in [0, 0.1) is 0 Å². The molecule has 13 heavy (non-hydrogen) atoms. The molecule has 4 heteroatoms. The van der Waals surface area contributed by atoms with E-state index in [9.17, 15) is 4.79 Å². The summed E-state index contributed by atoms with van der Waals surface area (Å²) in [4.78, 5) is 12.9. The number of nitrogens with one attached hydrogen (secondary N) is 1. The number of carbonyl (C=O) groups is 1. The number of carbonyl (C=O) groups excluding carboxylic acids is 1. The van der Waals surface area contributed by atoms with E-state index in [-0.39, 0.29) is 5.91 Å². The third-order valence-electron chi connectivity index (χ3n) is 1.36. The molecule has 0 atom stereocenters. The summed E-state index contributed by atoms with van der Waals surface area (Å²) in [6, 6.07) is 1.75. The highest BCUT2D eigenvalue weighted by Crippen LogP contribution is 2.17. The molecule has 0 fully saturated rings. The lowest BCUT2D eigenvalue weighted by atomic mass is 10.3. The first-order valence-corrected chi connectivity index (χ1v) is 5.12. The minimum Gasteiger partial charge on any atom is -0.348 e. The van der Waals surface area contributed by atoms with E-state index < -0.39 is 0 Å². The van der Waals surface area contributed by atoms with Crippen molar-refractivity contribution in [1.82, 2.24) is 5.32 Å². The molecule has 70 valence electrons. The Balaban J connectivity index is 2.54. The first kappa shape index (κ1) is 10.3. The van der Waals surface area contributed by atoms with Crippen LogP contribution in [0.1, 0.15) is 16.6 Å². The van der Waals surface area contributed by atoms with Crippen molar-refractivity contribution in [3.8, 4) is 0 Å². The standard InChI is InChI=1S/C9H11NOS2/c1-6(2)4-10-9(11)8-3-7(12)5-13-8/h3,5,12H,1,4H2,2H3,(H,10,11). The molecule has 0 spiro atoms. The lowest BCUT2D eigenvalue weighted by Gasteiger charge is -2.01. The second-order valence-electron chi connectivity index (χ2n) is 2.81. The van der Waals surface area contributed by atoms with Crippen LogP contribution in [0.3, 0.4) is 0 Å². The van der Waals surface area contributed by atoms with Gasteiger partial charge in [0.05, 0.1) is 4.88 Å². The average molecular weight is 213 g/mol. The third-order valence-corrected chi connectivity index (χ3v) is 2.72. The Bertz CT molecular complexity index is 330. The van der Waals surface area contributed by atoms with Gasteiger partial charge in [-0.1, -0.05) is 12.2 Å². The Kier molecular flexibility index (Phi) is 3.57. The minimum atomic E-state index is -0.0618. The molecular formula is C9H11NOS2. The van der Waals surface area contributed by atoms with Gasteiger partial charge in [0.15, 0.2) is 0 Å². The molecule has 1 amide bonds. The second kappa shape index (κ2) is 4.48. The van der Waals surface area contributed by atoms with Gasteiger partial charge in [-0.2, -0.15) is 0 Å². The quantitative estimate of drug-likeness (QED) is 0.585. The monoisotopic (exact) mass is 213 g/mol. The molecule has 1 rings (SSSR count). The van der Waals surface area contributed by atoms with Gasteiger partial charge in [0.2, 0.25) is 0 Å².